The van der Waals surface area contributed by atoms with E-state index in [1.807, 2.05) is 6.07 Å². The van der Waals surface area contributed by atoms with E-state index in [4.69, 9.17) is 0 Å². The summed E-state index contributed by atoms with van der Waals surface area (Å²) in [6.45, 7) is 0.468. The fourth-order valence-electron chi connectivity index (χ4n) is 4.91. The third-order valence-electron chi connectivity index (χ3n) is 6.79. The minimum Gasteiger partial charge on any atom is -0.330 e. The van der Waals surface area contributed by atoms with Gasteiger partial charge in [0.15, 0.2) is 0 Å². The number of anilines is 1. The smallest absolute Gasteiger partial charge is 0.330 e. The number of benzene rings is 2. The number of rotatable bonds is 3. The molecule has 1 aliphatic heterocycles. The van der Waals surface area contributed by atoms with E-state index in [1.54, 1.807) is 4.90 Å². The van der Waals surface area contributed by atoms with Crippen molar-refractivity contribution in [3.8, 4) is 0 Å². The Morgan fingerprint density at radius 2 is 1.53 bits per heavy atom. The molecule has 2 aliphatic rings. The number of amides is 2. The van der Waals surface area contributed by atoms with Crippen LogP contribution in [-0.4, -0.2) is 37.1 Å². The van der Waals surface area contributed by atoms with Gasteiger partial charge in [-0.15, -0.1) is 0 Å². The highest BCUT2D eigenvalue weighted by molar-refractivity contribution is 5.95. The van der Waals surface area contributed by atoms with Gasteiger partial charge in [0, 0.05) is 11.2 Å². The molecule has 4 rings (SSSR count). The Morgan fingerprint density at radius 1 is 0.933 bits per heavy atom. The third kappa shape index (κ3) is 3.55. The molecule has 2 amide bonds. The number of urea groups is 1. The van der Waals surface area contributed by atoms with Crippen LogP contribution in [0.1, 0.15) is 36.8 Å². The van der Waals surface area contributed by atoms with Gasteiger partial charge in [-0.05, 0) is 69.6 Å². The quantitative estimate of drug-likeness (QED) is 0.763. The molecule has 1 aliphatic carbocycles. The maximum atomic E-state index is 12.8. The van der Waals surface area contributed by atoms with E-state index in [2.05, 4.69) is 48.6 Å². The first-order valence-corrected chi connectivity index (χ1v) is 10.2. The average Bonchev–Trinajstić information content (AvgIpc) is 3.04. The first kappa shape index (κ1) is 20.7. The van der Waals surface area contributed by atoms with Crippen molar-refractivity contribution in [1.82, 2.24) is 10.2 Å². The van der Waals surface area contributed by atoms with E-state index in [9.17, 15) is 18.0 Å². The SMILES string of the molecule is CN(C)[C@]1(c2ccccc2)CC[C@@]2(CC1)CN(c1ccc(C(F)(F)F)cc1)C(=O)N2. The van der Waals surface area contributed by atoms with Crippen molar-refractivity contribution < 1.29 is 18.0 Å². The second-order valence-electron chi connectivity index (χ2n) is 8.63. The highest BCUT2D eigenvalue weighted by Crippen LogP contribution is 2.46. The molecule has 1 spiro atoms. The van der Waals surface area contributed by atoms with Crippen LogP contribution in [0.15, 0.2) is 54.6 Å². The molecule has 7 heteroatoms. The number of carbonyl (C=O) groups is 1. The van der Waals surface area contributed by atoms with Gasteiger partial charge >= 0.3 is 12.2 Å². The van der Waals surface area contributed by atoms with Crippen molar-refractivity contribution >= 4 is 11.7 Å². The van der Waals surface area contributed by atoms with Crippen LogP contribution in [0.4, 0.5) is 23.7 Å². The number of hydrogen-bond donors (Lipinski definition) is 1. The molecule has 1 saturated carbocycles. The van der Waals surface area contributed by atoms with E-state index in [0.29, 0.717) is 12.2 Å². The summed E-state index contributed by atoms with van der Waals surface area (Å²) >= 11 is 0. The van der Waals surface area contributed by atoms with Gasteiger partial charge in [0.25, 0.3) is 0 Å². The number of halogens is 3. The molecule has 1 N–H and O–H groups in total. The second-order valence-corrected chi connectivity index (χ2v) is 8.63. The number of alkyl halides is 3. The predicted molar refractivity (Wildman–Crippen MR) is 110 cm³/mol. The van der Waals surface area contributed by atoms with Gasteiger partial charge in [0.1, 0.15) is 0 Å². The van der Waals surface area contributed by atoms with Gasteiger partial charge < -0.3 is 5.32 Å². The Bertz CT molecular complexity index is 902. The Labute approximate surface area is 174 Å². The number of carbonyl (C=O) groups excluding carboxylic acids is 1. The van der Waals surface area contributed by atoms with Crippen molar-refractivity contribution in [2.24, 2.45) is 0 Å². The van der Waals surface area contributed by atoms with Gasteiger partial charge in [-0.2, -0.15) is 13.2 Å². The fourth-order valence-corrected chi connectivity index (χ4v) is 4.91. The highest BCUT2D eigenvalue weighted by Gasteiger charge is 2.50. The van der Waals surface area contributed by atoms with E-state index in [0.717, 1.165) is 37.8 Å². The van der Waals surface area contributed by atoms with E-state index < -0.39 is 11.7 Å². The van der Waals surface area contributed by atoms with E-state index >= 15 is 0 Å². The number of hydrogen-bond acceptors (Lipinski definition) is 2. The van der Waals surface area contributed by atoms with Crippen LogP contribution in [0.3, 0.4) is 0 Å². The Kier molecular flexibility index (Phi) is 5.04. The van der Waals surface area contributed by atoms with E-state index in [-0.39, 0.29) is 17.1 Å². The average molecular weight is 417 g/mol. The lowest BCUT2D eigenvalue weighted by Gasteiger charge is -2.48. The zero-order valence-electron chi connectivity index (χ0n) is 17.2. The molecule has 30 heavy (non-hydrogen) atoms. The first-order chi connectivity index (χ1) is 14.2. The molecule has 1 saturated heterocycles. The summed E-state index contributed by atoms with van der Waals surface area (Å²) in [5, 5.41) is 3.14. The molecule has 2 fully saturated rings. The highest BCUT2D eigenvalue weighted by atomic mass is 19.4. The summed E-state index contributed by atoms with van der Waals surface area (Å²) < 4.78 is 38.5. The lowest BCUT2D eigenvalue weighted by Crippen LogP contribution is -2.54. The van der Waals surface area contributed by atoms with Gasteiger partial charge in [0.05, 0.1) is 17.6 Å². The molecule has 1 heterocycles. The zero-order valence-corrected chi connectivity index (χ0v) is 17.2. The summed E-state index contributed by atoms with van der Waals surface area (Å²) in [6.07, 6.45) is -0.981. The molecule has 0 unspecified atom stereocenters. The maximum absolute atomic E-state index is 12.8. The fraction of sp³-hybridized carbons (Fsp3) is 0.435. The molecular formula is C23H26F3N3O. The van der Waals surface area contributed by atoms with Crippen molar-refractivity contribution in [2.45, 2.75) is 42.9 Å². The van der Waals surface area contributed by atoms with Crippen LogP contribution in [0.2, 0.25) is 0 Å². The minimum absolute atomic E-state index is 0.0843. The molecular weight excluding hydrogens is 391 g/mol. The maximum Gasteiger partial charge on any atom is 0.416 e. The Balaban J connectivity index is 1.52. The zero-order chi connectivity index (χ0) is 21.6. The standard InChI is InChI=1S/C23H26F3N3O/c1-28(2)22(17-6-4-3-5-7-17)14-12-21(13-15-22)16-29(20(30)27-21)19-10-8-18(9-11-19)23(24,25)26/h3-11H,12-16H2,1-2H3,(H,27,30)/t21-,22-. The summed E-state index contributed by atoms with van der Waals surface area (Å²) in [5.74, 6) is 0. The van der Waals surface area contributed by atoms with Crippen LogP contribution in [-0.2, 0) is 11.7 Å². The summed E-state index contributed by atoms with van der Waals surface area (Å²) in [4.78, 5) is 16.5. The van der Waals surface area contributed by atoms with Crippen molar-refractivity contribution in [2.75, 3.05) is 25.5 Å². The van der Waals surface area contributed by atoms with Crippen LogP contribution in [0.5, 0.6) is 0 Å². The first-order valence-electron chi connectivity index (χ1n) is 10.2. The number of nitrogens with zero attached hydrogens (tertiary/aromatic N) is 2. The van der Waals surface area contributed by atoms with Crippen LogP contribution in [0.25, 0.3) is 0 Å². The summed E-state index contributed by atoms with van der Waals surface area (Å²) in [5.41, 5.74) is 0.614. The Hall–Kier alpha value is -2.54. The molecule has 160 valence electrons. The normalized spacial score (nSPS) is 27.0. The second kappa shape index (κ2) is 7.30. The molecule has 2 aromatic rings. The van der Waals surface area contributed by atoms with Gasteiger partial charge in [0.2, 0.25) is 0 Å². The predicted octanol–water partition coefficient (Wildman–Crippen LogP) is 5.00. The van der Waals surface area contributed by atoms with Crippen molar-refractivity contribution in [3.05, 3.63) is 65.7 Å². The lowest BCUT2D eigenvalue weighted by atomic mass is 9.69. The molecule has 0 atom stereocenters. The minimum atomic E-state index is -4.39. The topological polar surface area (TPSA) is 35.6 Å². The monoisotopic (exact) mass is 417 g/mol. The molecule has 0 bridgehead atoms. The van der Waals surface area contributed by atoms with Gasteiger partial charge in [-0.3, -0.25) is 9.80 Å². The molecule has 2 aromatic carbocycles. The summed E-state index contributed by atoms with van der Waals surface area (Å²) in [6, 6.07) is 15.0. The molecule has 0 aromatic heterocycles. The third-order valence-corrected chi connectivity index (χ3v) is 6.79. The number of nitrogens with one attached hydrogen (secondary N) is 1. The largest absolute Gasteiger partial charge is 0.416 e. The van der Waals surface area contributed by atoms with Crippen molar-refractivity contribution in [3.63, 3.8) is 0 Å². The van der Waals surface area contributed by atoms with Crippen molar-refractivity contribution in [1.29, 1.82) is 0 Å². The van der Waals surface area contributed by atoms with Crippen LogP contribution < -0.4 is 10.2 Å². The van der Waals surface area contributed by atoms with E-state index in [1.165, 1.54) is 17.7 Å². The van der Waals surface area contributed by atoms with Gasteiger partial charge in [-0.25, -0.2) is 4.79 Å². The van der Waals surface area contributed by atoms with Crippen LogP contribution >= 0.6 is 0 Å². The Morgan fingerprint density at radius 3 is 2.07 bits per heavy atom. The lowest BCUT2D eigenvalue weighted by molar-refractivity contribution is -0.137. The summed E-state index contributed by atoms with van der Waals surface area (Å²) in [7, 11) is 4.18. The van der Waals surface area contributed by atoms with Gasteiger partial charge in [-0.1, -0.05) is 30.3 Å². The molecule has 0 radical (unpaired) electrons. The van der Waals surface area contributed by atoms with Crippen LogP contribution in [0, 0.1) is 0 Å². The molecule has 4 nitrogen and oxygen atoms in total.